The van der Waals surface area contributed by atoms with E-state index in [1.54, 1.807) is 0 Å². The SMILES string of the molecule is Cc1ccc2c(c1C)C(=O)C(N=O)C2. The quantitative estimate of drug-likeness (QED) is 0.635. The van der Waals surface area contributed by atoms with Gasteiger partial charge in [0.2, 0.25) is 0 Å². The molecular weight excluding hydrogens is 178 g/mol. The highest BCUT2D eigenvalue weighted by molar-refractivity contribution is 6.06. The molecule has 0 amide bonds. The largest absolute Gasteiger partial charge is 0.292 e. The van der Waals surface area contributed by atoms with E-state index in [-0.39, 0.29) is 5.78 Å². The summed E-state index contributed by atoms with van der Waals surface area (Å²) in [6, 6.07) is 3.21. The van der Waals surface area contributed by atoms with Crippen LogP contribution in [-0.2, 0) is 6.42 Å². The van der Waals surface area contributed by atoms with Crippen LogP contribution in [0.25, 0.3) is 0 Å². The summed E-state index contributed by atoms with van der Waals surface area (Å²) in [6.45, 7) is 3.88. The van der Waals surface area contributed by atoms with E-state index in [0.717, 1.165) is 22.3 Å². The van der Waals surface area contributed by atoms with Crippen molar-refractivity contribution in [3.8, 4) is 0 Å². The molecule has 2 rings (SSSR count). The average Bonchev–Trinajstić information content (AvgIpc) is 2.50. The number of fused-ring (bicyclic) bond motifs is 1. The Morgan fingerprint density at radius 1 is 1.36 bits per heavy atom. The standard InChI is InChI=1S/C11H11NO2/c1-6-3-4-8-5-9(12-14)11(13)10(8)7(6)2/h3-4,9H,5H2,1-2H3. The Bertz CT molecular complexity index is 424. The zero-order chi connectivity index (χ0) is 10.3. The number of hydrogen-bond donors (Lipinski definition) is 0. The lowest BCUT2D eigenvalue weighted by Gasteiger charge is -2.04. The molecule has 3 nitrogen and oxygen atoms in total. The minimum absolute atomic E-state index is 0.115. The molecule has 0 saturated heterocycles. The summed E-state index contributed by atoms with van der Waals surface area (Å²) in [4.78, 5) is 22.1. The Kier molecular flexibility index (Phi) is 1.95. The topological polar surface area (TPSA) is 46.5 Å². The van der Waals surface area contributed by atoms with Gasteiger partial charge in [-0.15, -0.1) is 0 Å². The minimum atomic E-state index is -0.689. The first-order valence-corrected chi connectivity index (χ1v) is 4.61. The molecule has 1 aliphatic rings. The van der Waals surface area contributed by atoms with Gasteiger partial charge >= 0.3 is 0 Å². The van der Waals surface area contributed by atoms with Crippen LogP contribution in [0, 0.1) is 18.8 Å². The number of benzene rings is 1. The summed E-state index contributed by atoms with van der Waals surface area (Å²) < 4.78 is 0. The van der Waals surface area contributed by atoms with E-state index in [2.05, 4.69) is 5.18 Å². The lowest BCUT2D eigenvalue weighted by molar-refractivity contribution is 0.0974. The molecule has 1 aromatic rings. The van der Waals surface area contributed by atoms with Crippen molar-refractivity contribution in [2.75, 3.05) is 0 Å². The van der Waals surface area contributed by atoms with Crippen LogP contribution in [0.3, 0.4) is 0 Å². The normalized spacial score (nSPS) is 19.6. The highest BCUT2D eigenvalue weighted by atomic mass is 16.3. The van der Waals surface area contributed by atoms with Crippen molar-refractivity contribution >= 4 is 5.78 Å². The van der Waals surface area contributed by atoms with Gasteiger partial charge in [-0.3, -0.25) is 4.79 Å². The first-order chi connectivity index (χ1) is 6.65. The smallest absolute Gasteiger partial charge is 0.191 e. The Balaban J connectivity index is 2.60. The maximum absolute atomic E-state index is 11.7. The van der Waals surface area contributed by atoms with Crippen LogP contribution in [-0.4, -0.2) is 11.8 Å². The van der Waals surface area contributed by atoms with Gasteiger partial charge in [-0.25, -0.2) is 0 Å². The highest BCUT2D eigenvalue weighted by Gasteiger charge is 2.32. The molecule has 1 unspecified atom stereocenters. The third-order valence-corrected chi connectivity index (χ3v) is 2.91. The van der Waals surface area contributed by atoms with Crippen molar-refractivity contribution in [2.24, 2.45) is 5.18 Å². The summed E-state index contributed by atoms with van der Waals surface area (Å²) in [7, 11) is 0. The van der Waals surface area contributed by atoms with Gasteiger partial charge in [0, 0.05) is 12.0 Å². The van der Waals surface area contributed by atoms with Crippen LogP contribution in [0.5, 0.6) is 0 Å². The van der Waals surface area contributed by atoms with E-state index in [1.807, 2.05) is 26.0 Å². The number of rotatable bonds is 1. The predicted molar refractivity (Wildman–Crippen MR) is 53.5 cm³/mol. The zero-order valence-electron chi connectivity index (χ0n) is 8.20. The van der Waals surface area contributed by atoms with E-state index in [0.29, 0.717) is 6.42 Å². The van der Waals surface area contributed by atoms with Gasteiger partial charge < -0.3 is 0 Å². The molecule has 0 spiro atoms. The van der Waals surface area contributed by atoms with Crippen molar-refractivity contribution in [1.82, 2.24) is 0 Å². The van der Waals surface area contributed by atoms with Crippen LogP contribution in [0.1, 0.15) is 27.0 Å². The van der Waals surface area contributed by atoms with Gasteiger partial charge in [0.15, 0.2) is 11.8 Å². The molecule has 0 aliphatic heterocycles. The van der Waals surface area contributed by atoms with Crippen molar-refractivity contribution in [1.29, 1.82) is 0 Å². The fourth-order valence-corrected chi connectivity index (χ4v) is 1.94. The minimum Gasteiger partial charge on any atom is -0.292 e. The Morgan fingerprint density at radius 3 is 2.71 bits per heavy atom. The molecule has 0 heterocycles. The second kappa shape index (κ2) is 3.01. The molecule has 1 aromatic carbocycles. The number of carbonyl (C=O) groups excluding carboxylic acids is 1. The van der Waals surface area contributed by atoms with Crippen LogP contribution >= 0.6 is 0 Å². The summed E-state index contributed by atoms with van der Waals surface area (Å²) in [6.07, 6.45) is 0.471. The average molecular weight is 189 g/mol. The summed E-state index contributed by atoms with van der Waals surface area (Å²) >= 11 is 0. The molecule has 0 saturated carbocycles. The number of Topliss-reactive ketones (excluding diaryl/α,β-unsaturated/α-hetero) is 1. The van der Waals surface area contributed by atoms with Crippen molar-refractivity contribution in [2.45, 2.75) is 26.3 Å². The van der Waals surface area contributed by atoms with Crippen LogP contribution < -0.4 is 0 Å². The van der Waals surface area contributed by atoms with Crippen molar-refractivity contribution in [3.05, 3.63) is 39.3 Å². The monoisotopic (exact) mass is 189 g/mol. The highest BCUT2D eigenvalue weighted by Crippen LogP contribution is 2.28. The van der Waals surface area contributed by atoms with E-state index in [1.165, 1.54) is 0 Å². The molecule has 14 heavy (non-hydrogen) atoms. The van der Waals surface area contributed by atoms with Crippen LogP contribution in [0.2, 0.25) is 0 Å². The second-order valence-corrected chi connectivity index (χ2v) is 3.73. The molecule has 0 fully saturated rings. The molecule has 0 radical (unpaired) electrons. The molecule has 3 heteroatoms. The first-order valence-electron chi connectivity index (χ1n) is 4.61. The Hall–Kier alpha value is -1.51. The second-order valence-electron chi connectivity index (χ2n) is 3.73. The summed E-state index contributed by atoms with van der Waals surface area (Å²) in [5.41, 5.74) is 3.75. The van der Waals surface area contributed by atoms with Gasteiger partial charge in [0.05, 0.1) is 0 Å². The van der Waals surface area contributed by atoms with Crippen LogP contribution in [0.15, 0.2) is 17.3 Å². The van der Waals surface area contributed by atoms with Gasteiger partial charge in [-0.2, -0.15) is 4.91 Å². The summed E-state index contributed by atoms with van der Waals surface area (Å²) in [5.74, 6) is -0.115. The number of carbonyl (C=O) groups is 1. The van der Waals surface area contributed by atoms with Crippen molar-refractivity contribution < 1.29 is 4.79 Å². The maximum Gasteiger partial charge on any atom is 0.191 e. The lowest BCUT2D eigenvalue weighted by atomic mass is 9.99. The van der Waals surface area contributed by atoms with Gasteiger partial charge in [-0.05, 0) is 30.5 Å². The van der Waals surface area contributed by atoms with E-state index < -0.39 is 6.04 Å². The van der Waals surface area contributed by atoms with Gasteiger partial charge in [-0.1, -0.05) is 17.3 Å². The number of ketones is 1. The predicted octanol–water partition coefficient (Wildman–Crippen LogP) is 2.18. The van der Waals surface area contributed by atoms with E-state index >= 15 is 0 Å². The Morgan fingerprint density at radius 2 is 2.07 bits per heavy atom. The molecular formula is C11H11NO2. The molecule has 72 valence electrons. The van der Waals surface area contributed by atoms with Crippen molar-refractivity contribution in [3.63, 3.8) is 0 Å². The van der Waals surface area contributed by atoms with Gasteiger partial charge in [0.25, 0.3) is 0 Å². The molecule has 0 N–H and O–H groups in total. The Labute approximate surface area is 82.1 Å². The number of aryl methyl sites for hydroxylation is 1. The fourth-order valence-electron chi connectivity index (χ4n) is 1.94. The van der Waals surface area contributed by atoms with E-state index in [4.69, 9.17) is 0 Å². The third-order valence-electron chi connectivity index (χ3n) is 2.91. The number of hydrogen-bond acceptors (Lipinski definition) is 3. The molecule has 1 aliphatic carbocycles. The molecule has 0 aromatic heterocycles. The zero-order valence-corrected chi connectivity index (χ0v) is 8.20. The number of nitroso groups, excluding NO2 is 1. The summed E-state index contributed by atoms with van der Waals surface area (Å²) in [5, 5.41) is 2.85. The third kappa shape index (κ3) is 1.09. The fraction of sp³-hybridized carbons (Fsp3) is 0.364. The molecule has 1 atom stereocenters. The van der Waals surface area contributed by atoms with E-state index in [9.17, 15) is 9.70 Å². The van der Waals surface area contributed by atoms with Gasteiger partial charge in [0.1, 0.15) is 0 Å². The first kappa shape index (κ1) is 9.06. The van der Waals surface area contributed by atoms with Crippen LogP contribution in [0.4, 0.5) is 0 Å². The number of nitrogens with zero attached hydrogens (tertiary/aromatic N) is 1. The lowest BCUT2D eigenvalue weighted by Crippen LogP contribution is -2.12. The maximum atomic E-state index is 11.7. The molecule has 0 bridgehead atoms.